The van der Waals surface area contributed by atoms with Crippen molar-refractivity contribution in [1.82, 2.24) is 0 Å². The Kier molecular flexibility index (Phi) is 12.0. The molecule has 0 aromatic rings. The van der Waals surface area contributed by atoms with Crippen LogP contribution in [0.1, 0.15) is 0 Å². The van der Waals surface area contributed by atoms with E-state index in [1.165, 1.54) is 26.2 Å². The molecule has 0 spiro atoms. The summed E-state index contributed by atoms with van der Waals surface area (Å²) in [7, 11) is 0. The molecule has 10 nitrogen and oxygen atoms in total. The van der Waals surface area contributed by atoms with Crippen molar-refractivity contribution >= 4 is 0 Å². The Balaban J connectivity index is 0. The van der Waals surface area contributed by atoms with Gasteiger partial charge in [-0.05, 0) is 11.1 Å². The van der Waals surface area contributed by atoms with Gasteiger partial charge in [0, 0.05) is 0 Å². The van der Waals surface area contributed by atoms with E-state index in [0.717, 1.165) is 0 Å². The molecule has 0 aromatic carbocycles. The average Bonchev–Trinajstić information content (AvgIpc) is 2.05. The van der Waals surface area contributed by atoms with E-state index in [0.29, 0.717) is 0 Å². The summed E-state index contributed by atoms with van der Waals surface area (Å²) in [4.78, 5) is 0. The molecular formula is C4H14N6O4. The van der Waals surface area contributed by atoms with Crippen LogP contribution in [0.25, 0.3) is 0 Å². The molecule has 0 aromatic heterocycles. The van der Waals surface area contributed by atoms with Crippen LogP contribution >= 0.6 is 0 Å². The van der Waals surface area contributed by atoms with Crippen LogP contribution in [0.2, 0.25) is 0 Å². The molecule has 1 fully saturated rings. The third kappa shape index (κ3) is 48.0. The smallest absolute Gasteiger partial charge is 0.125 e. The van der Waals surface area contributed by atoms with Gasteiger partial charge in [0.05, 0.1) is 0 Å². The lowest BCUT2D eigenvalue weighted by Gasteiger charge is -2.04. The van der Waals surface area contributed by atoms with Crippen molar-refractivity contribution in [3.63, 3.8) is 0 Å². The molecular weight excluding hydrogens is 196 g/mol. The summed E-state index contributed by atoms with van der Waals surface area (Å²) in [6.45, 7) is 5.28. The summed E-state index contributed by atoms with van der Waals surface area (Å²) in [6.07, 6.45) is 0. The topological polar surface area (TPSA) is 179 Å². The van der Waals surface area contributed by atoms with Gasteiger partial charge in [0.2, 0.25) is 0 Å². The summed E-state index contributed by atoms with van der Waals surface area (Å²) < 4.78 is 0. The van der Waals surface area contributed by atoms with Gasteiger partial charge < -0.3 is 31.5 Å². The van der Waals surface area contributed by atoms with Crippen LogP contribution in [0.4, 0.5) is 0 Å². The second kappa shape index (κ2) is 11.3. The van der Waals surface area contributed by atoms with Crippen molar-refractivity contribution in [2.75, 3.05) is 26.2 Å². The molecule has 1 rings (SSSR count). The second-order valence-corrected chi connectivity index (χ2v) is 2.25. The maximum atomic E-state index is 8.47. The zero-order valence-electron chi connectivity index (χ0n) is 7.51. The van der Waals surface area contributed by atoms with Crippen LogP contribution in [0.15, 0.2) is 0 Å². The lowest BCUT2D eigenvalue weighted by molar-refractivity contribution is -0.787. The molecule has 10 heteroatoms. The van der Waals surface area contributed by atoms with Crippen molar-refractivity contribution in [3.8, 4) is 0 Å². The largest absolute Gasteiger partial charge is 0.588 e. The first-order valence-electron chi connectivity index (χ1n) is 3.81. The van der Waals surface area contributed by atoms with E-state index in [4.69, 9.17) is 31.9 Å². The number of quaternary nitrogens is 2. The molecule has 1 saturated heterocycles. The summed E-state index contributed by atoms with van der Waals surface area (Å²) >= 11 is 0. The predicted molar refractivity (Wildman–Crippen MR) is 42.7 cm³/mol. The number of nitrogens with one attached hydrogen (secondary N) is 2. The summed E-state index contributed by atoms with van der Waals surface area (Å²) in [5.74, 6) is 0. The first-order valence-corrected chi connectivity index (χ1v) is 3.81. The minimum absolute atomic E-state index is 1.25. The Morgan fingerprint density at radius 2 is 0.857 bits per heavy atom. The van der Waals surface area contributed by atoms with Gasteiger partial charge in [-0.2, -0.15) is 0 Å². The fourth-order valence-electron chi connectivity index (χ4n) is 0.760. The van der Waals surface area contributed by atoms with Gasteiger partial charge >= 0.3 is 0 Å². The first-order chi connectivity index (χ1) is 6.46. The highest BCUT2D eigenvalue weighted by Gasteiger charge is 1.99. The van der Waals surface area contributed by atoms with Gasteiger partial charge in [-0.1, -0.05) is 10.0 Å². The molecule has 84 valence electrons. The summed E-state index contributed by atoms with van der Waals surface area (Å²) in [5, 5.41) is 36.1. The molecule has 0 unspecified atom stereocenters. The van der Waals surface area contributed by atoms with Gasteiger partial charge in [0.25, 0.3) is 0 Å². The Morgan fingerprint density at radius 1 is 0.714 bits per heavy atom. The SMILES string of the molecule is C1C[NH2+]CC[NH2+]1.N=[N+]([O-])[O-].N=[N+]([O-])[O-]. The molecule has 0 aliphatic carbocycles. The molecule has 0 bridgehead atoms. The highest BCUT2D eigenvalue weighted by atomic mass is 16.8. The fourth-order valence-corrected chi connectivity index (χ4v) is 0.760. The van der Waals surface area contributed by atoms with Crippen molar-refractivity contribution in [1.29, 1.82) is 11.1 Å². The highest BCUT2D eigenvalue weighted by molar-refractivity contribution is 4.23. The maximum Gasteiger partial charge on any atom is 0.125 e. The van der Waals surface area contributed by atoms with Gasteiger partial charge in [0.1, 0.15) is 26.2 Å². The van der Waals surface area contributed by atoms with Crippen LogP contribution in [-0.2, 0) is 0 Å². The van der Waals surface area contributed by atoms with Gasteiger partial charge in [-0.3, -0.25) is 0 Å². The van der Waals surface area contributed by atoms with Crippen molar-refractivity contribution in [2.24, 2.45) is 0 Å². The second-order valence-electron chi connectivity index (χ2n) is 2.25. The Bertz CT molecular complexity index is 128. The third-order valence-electron chi connectivity index (χ3n) is 1.15. The lowest BCUT2D eigenvalue weighted by Crippen LogP contribution is -3.04. The number of nitrogens with zero attached hydrogens (tertiary/aromatic N) is 2. The zero-order valence-corrected chi connectivity index (χ0v) is 7.51. The molecule has 0 amide bonds. The third-order valence-corrected chi connectivity index (χ3v) is 1.15. The van der Waals surface area contributed by atoms with E-state index < -0.39 is 10.0 Å². The van der Waals surface area contributed by atoms with Gasteiger partial charge in [-0.25, -0.2) is 0 Å². The van der Waals surface area contributed by atoms with Crippen molar-refractivity contribution in [2.45, 2.75) is 0 Å². The monoisotopic (exact) mass is 210 g/mol. The number of piperazine rings is 1. The lowest BCUT2D eigenvalue weighted by atomic mass is 10.4. The van der Waals surface area contributed by atoms with Crippen LogP contribution < -0.4 is 10.6 Å². The van der Waals surface area contributed by atoms with E-state index in [-0.39, 0.29) is 0 Å². The molecule has 14 heavy (non-hydrogen) atoms. The molecule has 6 N–H and O–H groups in total. The average molecular weight is 210 g/mol. The molecule has 0 radical (unpaired) electrons. The zero-order chi connectivity index (χ0) is 11.4. The Morgan fingerprint density at radius 3 is 0.929 bits per heavy atom. The maximum absolute atomic E-state index is 8.47. The van der Waals surface area contributed by atoms with E-state index in [1.54, 1.807) is 0 Å². The number of nitrogens with two attached hydrogens (primary N) is 2. The normalized spacial score (nSPS) is 13.7. The van der Waals surface area contributed by atoms with Crippen molar-refractivity contribution < 1.29 is 20.7 Å². The van der Waals surface area contributed by atoms with E-state index in [1.807, 2.05) is 0 Å². The fraction of sp³-hybridized carbons (Fsp3) is 1.00. The minimum Gasteiger partial charge on any atom is -0.588 e. The van der Waals surface area contributed by atoms with Crippen LogP contribution in [0, 0.1) is 31.9 Å². The molecule has 1 aliphatic heterocycles. The van der Waals surface area contributed by atoms with Crippen LogP contribution in [0.3, 0.4) is 0 Å². The van der Waals surface area contributed by atoms with Gasteiger partial charge in [-0.15, -0.1) is 0 Å². The van der Waals surface area contributed by atoms with Crippen LogP contribution in [0.5, 0.6) is 0 Å². The molecule has 0 saturated carbocycles. The van der Waals surface area contributed by atoms with E-state index in [9.17, 15) is 0 Å². The number of rotatable bonds is 0. The molecule has 1 aliphatic rings. The minimum atomic E-state index is -1.25. The quantitative estimate of drug-likeness (QED) is 0.249. The van der Waals surface area contributed by atoms with Crippen molar-refractivity contribution in [3.05, 3.63) is 20.8 Å². The Labute approximate surface area is 79.8 Å². The predicted octanol–water partition coefficient (Wildman–Crippen LogP) is -2.82. The van der Waals surface area contributed by atoms with Crippen LogP contribution in [-0.4, -0.2) is 36.2 Å². The summed E-state index contributed by atoms with van der Waals surface area (Å²) in [5.41, 5.74) is 10.6. The first kappa shape index (κ1) is 14.8. The number of hydrogen-bond acceptors (Lipinski definition) is 6. The number of hydrogen-bond donors (Lipinski definition) is 4. The summed E-state index contributed by atoms with van der Waals surface area (Å²) in [6, 6.07) is 0. The molecule has 1 heterocycles. The highest BCUT2D eigenvalue weighted by Crippen LogP contribution is 1.45. The Hall–Kier alpha value is -1.68. The molecule has 0 atom stereocenters. The van der Waals surface area contributed by atoms with Gasteiger partial charge in [0.15, 0.2) is 0 Å². The van der Waals surface area contributed by atoms with E-state index in [2.05, 4.69) is 10.6 Å². The standard InChI is InChI=1S/C4H10N2.2HN2O2/c1-2-6-4-3-5-1;2*1-2(3)4/h5-6H,1-4H2;2*(H-,1,3,4)/q;2*-1/p+2. The van der Waals surface area contributed by atoms with E-state index >= 15 is 0 Å².